The smallest absolute Gasteiger partial charge is 0.168 e. The molecule has 4 rings (SSSR count). The van der Waals surface area contributed by atoms with Crippen molar-refractivity contribution in [2.45, 2.75) is 13.8 Å². The lowest BCUT2D eigenvalue weighted by atomic mass is 10.0. The van der Waals surface area contributed by atoms with Gasteiger partial charge in [0.1, 0.15) is 0 Å². The number of aromatic hydroxyl groups is 1. The molecular weight excluding hydrogens is 420 g/mol. The maximum absolute atomic E-state index is 11.0. The van der Waals surface area contributed by atoms with E-state index in [1.807, 2.05) is 56.3 Å². The second-order valence-corrected chi connectivity index (χ2v) is 6.55. The van der Waals surface area contributed by atoms with Crippen LogP contribution in [-0.2, 0) is 0 Å². The molecule has 33 heavy (non-hydrogen) atoms. The third-order valence-electron chi connectivity index (χ3n) is 4.88. The van der Waals surface area contributed by atoms with Gasteiger partial charge in [-0.2, -0.15) is 0 Å². The number of ether oxygens (including phenoxy) is 3. The molecule has 0 aliphatic rings. The minimum absolute atomic E-state index is 0.0155. The van der Waals surface area contributed by atoms with Crippen molar-refractivity contribution in [1.29, 1.82) is 0 Å². The number of hydrogen-bond acceptors (Lipinski definition) is 6. The number of rotatable bonds is 5. The van der Waals surface area contributed by atoms with Gasteiger partial charge in [-0.15, -0.1) is 0 Å². The predicted octanol–water partition coefficient (Wildman–Crippen LogP) is 6.06. The third kappa shape index (κ3) is 5.23. The van der Waals surface area contributed by atoms with Crippen LogP contribution < -0.4 is 14.2 Å². The molecule has 0 amide bonds. The zero-order valence-electron chi connectivity index (χ0n) is 19.4. The summed E-state index contributed by atoms with van der Waals surface area (Å²) in [6.45, 7) is 4.00. The van der Waals surface area contributed by atoms with Crippen LogP contribution in [0.4, 0.5) is 0 Å². The SMILES string of the molecule is CC.COc1c(O)cc(C=O)c2ccccc12.COc1cc(C=O)c2ccccc2c1OC. The molecule has 0 aliphatic carbocycles. The van der Waals surface area contributed by atoms with Crippen LogP contribution >= 0.6 is 0 Å². The monoisotopic (exact) mass is 448 g/mol. The Balaban J connectivity index is 0.000000218. The molecular formula is C27H28O6. The molecule has 4 aromatic carbocycles. The molecule has 0 saturated carbocycles. The first kappa shape index (κ1) is 25.2. The lowest BCUT2D eigenvalue weighted by Crippen LogP contribution is -1.94. The molecule has 1 N–H and O–H groups in total. The maximum atomic E-state index is 11.0. The summed E-state index contributed by atoms with van der Waals surface area (Å²) < 4.78 is 15.6. The second kappa shape index (κ2) is 12.1. The molecule has 0 aromatic heterocycles. The van der Waals surface area contributed by atoms with Crippen LogP contribution in [0.15, 0.2) is 60.7 Å². The van der Waals surface area contributed by atoms with E-state index in [-0.39, 0.29) is 5.75 Å². The van der Waals surface area contributed by atoms with Crippen molar-refractivity contribution in [1.82, 2.24) is 0 Å². The molecule has 0 radical (unpaired) electrons. The Hall–Kier alpha value is -4.06. The van der Waals surface area contributed by atoms with E-state index in [1.165, 1.54) is 13.2 Å². The Kier molecular flexibility index (Phi) is 9.24. The average molecular weight is 449 g/mol. The number of carbonyl (C=O) groups excluding carboxylic acids is 2. The topological polar surface area (TPSA) is 82.1 Å². The Bertz CT molecular complexity index is 1250. The minimum atomic E-state index is -0.0155. The summed E-state index contributed by atoms with van der Waals surface area (Å²) in [7, 11) is 4.63. The van der Waals surface area contributed by atoms with Crippen LogP contribution in [0.2, 0.25) is 0 Å². The van der Waals surface area contributed by atoms with Gasteiger partial charge in [0.05, 0.1) is 21.3 Å². The first-order chi connectivity index (χ1) is 16.1. The fourth-order valence-corrected chi connectivity index (χ4v) is 3.48. The molecule has 0 fully saturated rings. The average Bonchev–Trinajstić information content (AvgIpc) is 2.88. The van der Waals surface area contributed by atoms with Crippen LogP contribution in [0.25, 0.3) is 21.5 Å². The molecule has 6 heteroatoms. The first-order valence-corrected chi connectivity index (χ1v) is 10.4. The highest BCUT2D eigenvalue weighted by atomic mass is 16.5. The van der Waals surface area contributed by atoms with Gasteiger partial charge in [-0.1, -0.05) is 62.4 Å². The number of methoxy groups -OCH3 is 3. The van der Waals surface area contributed by atoms with Crippen molar-refractivity contribution in [2.75, 3.05) is 21.3 Å². The minimum Gasteiger partial charge on any atom is -0.504 e. The largest absolute Gasteiger partial charge is 0.504 e. The summed E-state index contributed by atoms with van der Waals surface area (Å²) in [6.07, 6.45) is 1.55. The number of phenolic OH excluding ortho intramolecular Hbond substituents is 1. The van der Waals surface area contributed by atoms with Gasteiger partial charge in [0.2, 0.25) is 0 Å². The fraction of sp³-hybridized carbons (Fsp3) is 0.185. The number of hydrogen-bond donors (Lipinski definition) is 1. The van der Waals surface area contributed by atoms with Crippen LogP contribution in [0.1, 0.15) is 34.6 Å². The molecule has 172 valence electrons. The van der Waals surface area contributed by atoms with Crippen LogP contribution in [0.3, 0.4) is 0 Å². The standard InChI is InChI=1S/C13H12O3.C12H10O3.C2H6/c1-15-12-7-9(8-14)10-5-3-4-6-11(10)13(12)16-2;1-15-12-10-5-3-2-4-9(10)8(7-13)6-11(12)14;1-2/h3-8H,1-2H3;2-7,14H,1H3;1-2H3. The van der Waals surface area contributed by atoms with E-state index in [0.29, 0.717) is 28.4 Å². The fourth-order valence-electron chi connectivity index (χ4n) is 3.48. The van der Waals surface area contributed by atoms with Crippen molar-refractivity contribution >= 4 is 34.1 Å². The van der Waals surface area contributed by atoms with Gasteiger partial charge in [0.25, 0.3) is 0 Å². The summed E-state index contributed by atoms with van der Waals surface area (Å²) in [5.74, 6) is 1.61. The lowest BCUT2D eigenvalue weighted by molar-refractivity contribution is 0.111. The predicted molar refractivity (Wildman–Crippen MR) is 131 cm³/mol. The molecule has 6 nitrogen and oxygen atoms in total. The molecule has 0 bridgehead atoms. The van der Waals surface area contributed by atoms with Crippen molar-refractivity contribution < 1.29 is 28.9 Å². The molecule has 0 unspecified atom stereocenters. The van der Waals surface area contributed by atoms with Crippen molar-refractivity contribution in [3.05, 3.63) is 71.8 Å². The normalized spacial score (nSPS) is 9.73. The van der Waals surface area contributed by atoms with E-state index in [2.05, 4.69) is 0 Å². The van der Waals surface area contributed by atoms with Crippen molar-refractivity contribution in [3.63, 3.8) is 0 Å². The summed E-state index contributed by atoms with van der Waals surface area (Å²) in [6, 6.07) is 18.0. The van der Waals surface area contributed by atoms with E-state index >= 15 is 0 Å². The Morgan fingerprint density at radius 2 is 1.06 bits per heavy atom. The number of carbonyl (C=O) groups is 2. The second-order valence-electron chi connectivity index (χ2n) is 6.55. The quantitative estimate of drug-likeness (QED) is 0.374. The van der Waals surface area contributed by atoms with Gasteiger partial charge in [-0.05, 0) is 22.9 Å². The zero-order chi connectivity index (χ0) is 24.4. The zero-order valence-corrected chi connectivity index (χ0v) is 19.4. The molecule has 4 aromatic rings. The highest BCUT2D eigenvalue weighted by molar-refractivity contribution is 6.03. The maximum Gasteiger partial charge on any atom is 0.168 e. The highest BCUT2D eigenvalue weighted by Crippen LogP contribution is 2.37. The van der Waals surface area contributed by atoms with Gasteiger partial charge in [-0.25, -0.2) is 0 Å². The van der Waals surface area contributed by atoms with Gasteiger partial charge in [0.15, 0.2) is 35.6 Å². The molecule has 0 saturated heterocycles. The summed E-state index contributed by atoms with van der Waals surface area (Å²) in [4.78, 5) is 21.8. The van der Waals surface area contributed by atoms with Crippen LogP contribution in [-0.4, -0.2) is 39.0 Å². The van der Waals surface area contributed by atoms with Crippen molar-refractivity contribution in [3.8, 4) is 23.0 Å². The number of aldehydes is 2. The lowest BCUT2D eigenvalue weighted by Gasteiger charge is -2.12. The Morgan fingerprint density at radius 3 is 1.48 bits per heavy atom. The summed E-state index contributed by atoms with van der Waals surface area (Å²) in [5.41, 5.74) is 1.07. The molecule has 0 heterocycles. The van der Waals surface area contributed by atoms with Crippen LogP contribution in [0.5, 0.6) is 23.0 Å². The van der Waals surface area contributed by atoms with Gasteiger partial charge >= 0.3 is 0 Å². The Morgan fingerprint density at radius 1 is 0.636 bits per heavy atom. The Labute approximate surface area is 193 Å². The van der Waals surface area contributed by atoms with E-state index in [9.17, 15) is 14.7 Å². The van der Waals surface area contributed by atoms with E-state index in [4.69, 9.17) is 14.2 Å². The van der Waals surface area contributed by atoms with E-state index in [1.54, 1.807) is 26.4 Å². The molecule has 0 atom stereocenters. The van der Waals surface area contributed by atoms with Gasteiger partial charge < -0.3 is 19.3 Å². The highest BCUT2D eigenvalue weighted by Gasteiger charge is 2.12. The third-order valence-corrected chi connectivity index (χ3v) is 4.88. The number of phenols is 1. The summed E-state index contributed by atoms with van der Waals surface area (Å²) in [5, 5.41) is 12.9. The van der Waals surface area contributed by atoms with Gasteiger partial charge in [-0.3, -0.25) is 9.59 Å². The molecule has 0 aliphatic heterocycles. The number of benzene rings is 4. The van der Waals surface area contributed by atoms with E-state index < -0.39 is 0 Å². The first-order valence-electron chi connectivity index (χ1n) is 10.4. The van der Waals surface area contributed by atoms with E-state index in [0.717, 1.165) is 34.1 Å². The van der Waals surface area contributed by atoms with Crippen molar-refractivity contribution in [2.24, 2.45) is 0 Å². The summed E-state index contributed by atoms with van der Waals surface area (Å²) >= 11 is 0. The number of fused-ring (bicyclic) bond motifs is 2. The molecule has 0 spiro atoms. The van der Waals surface area contributed by atoms with Gasteiger partial charge in [0, 0.05) is 21.9 Å². The van der Waals surface area contributed by atoms with Crippen LogP contribution in [0, 0.1) is 0 Å².